The maximum absolute atomic E-state index is 4.53. The van der Waals surface area contributed by atoms with E-state index in [-0.39, 0.29) is 0 Å². The fourth-order valence-electron chi connectivity index (χ4n) is 1.92. The van der Waals surface area contributed by atoms with E-state index < -0.39 is 0 Å². The largest absolute Gasteiger partial charge is 0.307 e. The Morgan fingerprint density at radius 1 is 1.20 bits per heavy atom. The lowest BCUT2D eigenvalue weighted by Crippen LogP contribution is -2.18. The highest BCUT2D eigenvalue weighted by Gasteiger charge is 2.20. The Balaban J connectivity index is 2.10. The average Bonchev–Trinajstić information content (AvgIpc) is 2.97. The SMILES string of the molecule is CCc1c(C)nc(CNC2CC2)nc1C. The first-order valence-corrected chi connectivity index (χ1v) is 5.77. The molecule has 0 spiro atoms. The Labute approximate surface area is 91.3 Å². The van der Waals surface area contributed by atoms with Crippen LogP contribution >= 0.6 is 0 Å². The van der Waals surface area contributed by atoms with Gasteiger partial charge in [0.1, 0.15) is 5.82 Å². The maximum Gasteiger partial charge on any atom is 0.142 e. The summed E-state index contributed by atoms with van der Waals surface area (Å²) >= 11 is 0. The third kappa shape index (κ3) is 2.53. The summed E-state index contributed by atoms with van der Waals surface area (Å²) < 4.78 is 0. The van der Waals surface area contributed by atoms with Crippen molar-refractivity contribution in [3.8, 4) is 0 Å². The standard InChI is InChI=1S/C12H19N3/c1-4-11-8(2)14-12(15-9(11)3)7-13-10-5-6-10/h10,13H,4-7H2,1-3H3. The smallest absolute Gasteiger partial charge is 0.142 e. The van der Waals surface area contributed by atoms with E-state index in [1.54, 1.807) is 0 Å². The van der Waals surface area contributed by atoms with Gasteiger partial charge < -0.3 is 5.32 Å². The van der Waals surface area contributed by atoms with Gasteiger partial charge in [0.25, 0.3) is 0 Å². The molecule has 0 amide bonds. The molecule has 1 heterocycles. The molecule has 1 aliphatic carbocycles. The van der Waals surface area contributed by atoms with Crippen molar-refractivity contribution < 1.29 is 0 Å². The molecule has 0 atom stereocenters. The average molecular weight is 205 g/mol. The summed E-state index contributed by atoms with van der Waals surface area (Å²) in [4.78, 5) is 9.06. The number of hydrogen-bond acceptors (Lipinski definition) is 3. The second-order valence-electron chi connectivity index (χ2n) is 4.30. The van der Waals surface area contributed by atoms with Crippen LogP contribution in [0.2, 0.25) is 0 Å². The van der Waals surface area contributed by atoms with Gasteiger partial charge in [-0.15, -0.1) is 0 Å². The van der Waals surface area contributed by atoms with Crippen LogP contribution in [0, 0.1) is 13.8 Å². The molecule has 0 bridgehead atoms. The third-order valence-corrected chi connectivity index (χ3v) is 2.95. The Hall–Kier alpha value is -0.960. The Morgan fingerprint density at radius 3 is 2.27 bits per heavy atom. The molecule has 2 rings (SSSR count). The van der Waals surface area contributed by atoms with Crippen LogP contribution in [0.1, 0.15) is 42.5 Å². The molecule has 15 heavy (non-hydrogen) atoms. The number of aromatic nitrogens is 2. The third-order valence-electron chi connectivity index (χ3n) is 2.95. The maximum atomic E-state index is 4.53. The molecule has 0 saturated heterocycles. The molecule has 1 saturated carbocycles. The van der Waals surface area contributed by atoms with E-state index >= 15 is 0 Å². The van der Waals surface area contributed by atoms with E-state index in [9.17, 15) is 0 Å². The van der Waals surface area contributed by atoms with Gasteiger partial charge in [0.05, 0.1) is 6.54 Å². The van der Waals surface area contributed by atoms with Gasteiger partial charge in [0, 0.05) is 17.4 Å². The van der Waals surface area contributed by atoms with Crippen molar-refractivity contribution in [2.75, 3.05) is 0 Å². The van der Waals surface area contributed by atoms with Crippen LogP contribution < -0.4 is 5.32 Å². The zero-order chi connectivity index (χ0) is 10.8. The van der Waals surface area contributed by atoms with Gasteiger partial charge in [-0.3, -0.25) is 0 Å². The van der Waals surface area contributed by atoms with Crippen molar-refractivity contribution >= 4 is 0 Å². The highest BCUT2D eigenvalue weighted by atomic mass is 15.0. The first-order valence-electron chi connectivity index (χ1n) is 5.77. The topological polar surface area (TPSA) is 37.8 Å². The molecule has 1 aliphatic rings. The summed E-state index contributed by atoms with van der Waals surface area (Å²) in [5, 5.41) is 3.44. The highest BCUT2D eigenvalue weighted by Crippen LogP contribution is 2.19. The molecular formula is C12H19N3. The second kappa shape index (κ2) is 4.27. The van der Waals surface area contributed by atoms with Gasteiger partial charge in [-0.2, -0.15) is 0 Å². The van der Waals surface area contributed by atoms with Gasteiger partial charge in [-0.1, -0.05) is 6.92 Å². The summed E-state index contributed by atoms with van der Waals surface area (Å²) in [7, 11) is 0. The summed E-state index contributed by atoms with van der Waals surface area (Å²) in [5.74, 6) is 0.939. The molecule has 1 fully saturated rings. The van der Waals surface area contributed by atoms with Crippen LogP contribution in [0.25, 0.3) is 0 Å². The van der Waals surface area contributed by atoms with Crippen LogP contribution in [0.4, 0.5) is 0 Å². The molecular weight excluding hydrogens is 186 g/mol. The number of aryl methyl sites for hydroxylation is 2. The van der Waals surface area contributed by atoms with Gasteiger partial charge >= 0.3 is 0 Å². The van der Waals surface area contributed by atoms with Gasteiger partial charge in [0.15, 0.2) is 0 Å². The second-order valence-corrected chi connectivity index (χ2v) is 4.30. The lowest BCUT2D eigenvalue weighted by molar-refractivity contribution is 0.650. The van der Waals surface area contributed by atoms with Gasteiger partial charge in [-0.25, -0.2) is 9.97 Å². The van der Waals surface area contributed by atoms with Crippen molar-refractivity contribution in [1.82, 2.24) is 15.3 Å². The molecule has 1 aromatic heterocycles. The number of hydrogen-bond donors (Lipinski definition) is 1. The lowest BCUT2D eigenvalue weighted by Gasteiger charge is -2.09. The first-order chi connectivity index (χ1) is 7.20. The number of rotatable bonds is 4. The molecule has 0 aromatic carbocycles. The van der Waals surface area contributed by atoms with E-state index in [1.807, 2.05) is 0 Å². The van der Waals surface area contributed by atoms with E-state index in [2.05, 4.69) is 36.1 Å². The molecule has 82 valence electrons. The van der Waals surface area contributed by atoms with Crippen molar-refractivity contribution in [1.29, 1.82) is 0 Å². The van der Waals surface area contributed by atoms with Gasteiger partial charge in [0.2, 0.25) is 0 Å². The zero-order valence-corrected chi connectivity index (χ0v) is 9.80. The predicted octanol–water partition coefficient (Wildman–Crippen LogP) is 1.91. The van der Waals surface area contributed by atoms with E-state index in [0.717, 1.165) is 36.2 Å². The quantitative estimate of drug-likeness (QED) is 0.816. The van der Waals surface area contributed by atoms with Crippen LogP contribution in [-0.2, 0) is 13.0 Å². The normalized spacial score (nSPS) is 15.7. The fraction of sp³-hybridized carbons (Fsp3) is 0.667. The summed E-state index contributed by atoms with van der Waals surface area (Å²) in [5.41, 5.74) is 3.57. The Kier molecular flexibility index (Phi) is 3.00. The van der Waals surface area contributed by atoms with E-state index in [0.29, 0.717) is 0 Å². The predicted molar refractivity (Wildman–Crippen MR) is 60.7 cm³/mol. The monoisotopic (exact) mass is 205 g/mol. The van der Waals surface area contributed by atoms with E-state index in [4.69, 9.17) is 0 Å². The molecule has 3 nitrogen and oxygen atoms in total. The van der Waals surface area contributed by atoms with Crippen molar-refractivity contribution in [2.24, 2.45) is 0 Å². The molecule has 3 heteroatoms. The van der Waals surface area contributed by atoms with Crippen molar-refractivity contribution in [3.05, 3.63) is 22.8 Å². The number of nitrogens with zero attached hydrogens (tertiary/aromatic N) is 2. The summed E-state index contributed by atoms with van der Waals surface area (Å²) in [6.07, 6.45) is 3.64. The lowest BCUT2D eigenvalue weighted by atomic mass is 10.1. The summed E-state index contributed by atoms with van der Waals surface area (Å²) in [6, 6.07) is 0.722. The van der Waals surface area contributed by atoms with Crippen LogP contribution in [-0.4, -0.2) is 16.0 Å². The van der Waals surface area contributed by atoms with Crippen LogP contribution in [0.5, 0.6) is 0 Å². The van der Waals surface area contributed by atoms with Crippen molar-refractivity contribution in [3.63, 3.8) is 0 Å². The van der Waals surface area contributed by atoms with Crippen LogP contribution in [0.15, 0.2) is 0 Å². The van der Waals surface area contributed by atoms with Crippen molar-refractivity contribution in [2.45, 2.75) is 52.6 Å². The van der Waals surface area contributed by atoms with Crippen LogP contribution in [0.3, 0.4) is 0 Å². The summed E-state index contributed by atoms with van der Waals surface area (Å²) in [6.45, 7) is 7.12. The van der Waals surface area contributed by atoms with E-state index in [1.165, 1.54) is 18.4 Å². The fourth-order valence-corrected chi connectivity index (χ4v) is 1.92. The molecule has 1 N–H and O–H groups in total. The molecule has 0 aliphatic heterocycles. The highest BCUT2D eigenvalue weighted by molar-refractivity contribution is 5.24. The Bertz CT molecular complexity index is 333. The molecule has 1 aromatic rings. The minimum absolute atomic E-state index is 0.722. The number of nitrogens with one attached hydrogen (secondary N) is 1. The Morgan fingerprint density at radius 2 is 1.80 bits per heavy atom. The molecule has 0 radical (unpaired) electrons. The first kappa shape index (κ1) is 10.6. The molecule has 0 unspecified atom stereocenters. The van der Waals surface area contributed by atoms with Gasteiger partial charge in [-0.05, 0) is 38.7 Å². The minimum atomic E-state index is 0.722. The zero-order valence-electron chi connectivity index (χ0n) is 9.80. The minimum Gasteiger partial charge on any atom is -0.307 e.